The van der Waals surface area contributed by atoms with Crippen molar-refractivity contribution in [3.05, 3.63) is 39.4 Å². The number of ether oxygens (including phenoxy) is 1. The Labute approximate surface area is 109 Å². The molecule has 19 heavy (non-hydrogen) atoms. The van der Waals surface area contributed by atoms with E-state index in [-0.39, 0.29) is 17.8 Å². The Morgan fingerprint density at radius 1 is 1.42 bits per heavy atom. The minimum Gasteiger partial charge on any atom is -0.468 e. The number of hydrogen-bond acceptors (Lipinski definition) is 5. The molecule has 102 valence electrons. The van der Waals surface area contributed by atoms with Crippen LogP contribution in [0.2, 0.25) is 0 Å². The van der Waals surface area contributed by atoms with Crippen LogP contribution in [0.15, 0.2) is 18.2 Å². The lowest BCUT2D eigenvalue weighted by atomic mass is 10.1. The number of amides is 1. The number of carbonyl (C=O) groups excluding carboxylic acids is 2. The van der Waals surface area contributed by atoms with Crippen LogP contribution in [0.3, 0.4) is 0 Å². The van der Waals surface area contributed by atoms with Crippen LogP contribution in [0.25, 0.3) is 0 Å². The fraction of sp³-hybridized carbons (Fsp3) is 0.333. The predicted molar refractivity (Wildman–Crippen MR) is 66.8 cm³/mol. The van der Waals surface area contributed by atoms with E-state index in [4.69, 9.17) is 0 Å². The molecule has 0 saturated heterocycles. The molecule has 7 heteroatoms. The van der Waals surface area contributed by atoms with E-state index in [1.54, 1.807) is 6.92 Å². The van der Waals surface area contributed by atoms with Gasteiger partial charge in [-0.2, -0.15) is 0 Å². The molecular formula is C12H14N2O5. The summed E-state index contributed by atoms with van der Waals surface area (Å²) in [4.78, 5) is 34.4. The van der Waals surface area contributed by atoms with E-state index in [1.165, 1.54) is 32.4 Å². The summed E-state index contributed by atoms with van der Waals surface area (Å²) < 4.78 is 4.46. The number of non-ortho nitro benzene ring substituents is 1. The molecule has 1 aromatic rings. The lowest BCUT2D eigenvalue weighted by molar-refractivity contribution is -0.384. The monoisotopic (exact) mass is 266 g/mol. The van der Waals surface area contributed by atoms with Crippen molar-refractivity contribution in [2.75, 3.05) is 20.7 Å². The Kier molecular flexibility index (Phi) is 4.57. The van der Waals surface area contributed by atoms with E-state index in [1.807, 2.05) is 0 Å². The lowest BCUT2D eigenvalue weighted by Crippen LogP contribution is -2.33. The third kappa shape index (κ3) is 3.51. The first-order valence-corrected chi connectivity index (χ1v) is 5.44. The van der Waals surface area contributed by atoms with Crippen LogP contribution in [0, 0.1) is 17.0 Å². The molecule has 0 bridgehead atoms. The van der Waals surface area contributed by atoms with Gasteiger partial charge in [0.25, 0.3) is 11.6 Å². The topological polar surface area (TPSA) is 89.8 Å². The van der Waals surface area contributed by atoms with Gasteiger partial charge in [-0.3, -0.25) is 19.7 Å². The van der Waals surface area contributed by atoms with Gasteiger partial charge in [0.05, 0.1) is 12.0 Å². The number of hydrogen-bond donors (Lipinski definition) is 0. The van der Waals surface area contributed by atoms with Gasteiger partial charge in [0.2, 0.25) is 0 Å². The average Bonchev–Trinajstić information content (AvgIpc) is 2.37. The van der Waals surface area contributed by atoms with E-state index in [0.717, 1.165) is 4.90 Å². The number of methoxy groups -OCH3 is 1. The molecule has 0 atom stereocenters. The first-order chi connectivity index (χ1) is 8.86. The zero-order chi connectivity index (χ0) is 14.6. The number of nitro groups is 1. The predicted octanol–water partition coefficient (Wildman–Crippen LogP) is 1.15. The molecule has 7 nitrogen and oxygen atoms in total. The fourth-order valence-electron chi connectivity index (χ4n) is 1.49. The van der Waals surface area contributed by atoms with Crippen molar-refractivity contribution in [3.63, 3.8) is 0 Å². The normalized spacial score (nSPS) is 9.84. The third-order valence-electron chi connectivity index (χ3n) is 2.60. The quantitative estimate of drug-likeness (QED) is 0.463. The molecule has 0 radical (unpaired) electrons. The summed E-state index contributed by atoms with van der Waals surface area (Å²) in [5, 5.41) is 10.7. The number of nitro benzene ring substituents is 1. The van der Waals surface area contributed by atoms with Gasteiger partial charge in [0.15, 0.2) is 0 Å². The molecule has 0 fully saturated rings. The van der Waals surface area contributed by atoms with Gasteiger partial charge in [0, 0.05) is 24.7 Å². The molecule has 1 aromatic carbocycles. The second kappa shape index (κ2) is 5.94. The lowest BCUT2D eigenvalue weighted by Gasteiger charge is -2.16. The van der Waals surface area contributed by atoms with Crippen molar-refractivity contribution in [1.29, 1.82) is 0 Å². The third-order valence-corrected chi connectivity index (χ3v) is 2.60. The van der Waals surface area contributed by atoms with Crippen molar-refractivity contribution in [3.8, 4) is 0 Å². The van der Waals surface area contributed by atoms with Crippen LogP contribution in [0.4, 0.5) is 5.69 Å². The highest BCUT2D eigenvalue weighted by Gasteiger charge is 2.19. The molecule has 0 heterocycles. The molecule has 1 amide bonds. The molecule has 0 unspecified atom stereocenters. The average molecular weight is 266 g/mol. The van der Waals surface area contributed by atoms with Crippen molar-refractivity contribution < 1.29 is 19.2 Å². The Hall–Kier alpha value is -2.44. The molecule has 0 aromatic heterocycles. The number of nitrogens with zero attached hydrogens (tertiary/aromatic N) is 2. The summed E-state index contributed by atoms with van der Waals surface area (Å²) in [5.74, 6) is -1.02. The van der Waals surface area contributed by atoms with Crippen LogP contribution in [0.1, 0.15) is 15.9 Å². The van der Waals surface area contributed by atoms with Gasteiger partial charge in [-0.05, 0) is 12.5 Å². The number of esters is 1. The molecule has 1 rings (SSSR count). The molecule has 0 saturated carbocycles. The Bertz CT molecular complexity index is 527. The largest absolute Gasteiger partial charge is 0.468 e. The van der Waals surface area contributed by atoms with Gasteiger partial charge in [0.1, 0.15) is 6.54 Å². The highest BCUT2D eigenvalue weighted by atomic mass is 16.6. The van der Waals surface area contributed by atoms with Gasteiger partial charge < -0.3 is 9.64 Å². The fourth-order valence-corrected chi connectivity index (χ4v) is 1.49. The zero-order valence-corrected chi connectivity index (χ0v) is 10.9. The van der Waals surface area contributed by atoms with Crippen LogP contribution in [-0.4, -0.2) is 42.4 Å². The van der Waals surface area contributed by atoms with Gasteiger partial charge in [-0.15, -0.1) is 0 Å². The maximum Gasteiger partial charge on any atom is 0.325 e. The summed E-state index contributed by atoms with van der Waals surface area (Å²) in [7, 11) is 2.65. The molecule has 0 N–H and O–H groups in total. The number of aryl methyl sites for hydroxylation is 1. The number of benzene rings is 1. The summed E-state index contributed by atoms with van der Waals surface area (Å²) in [6.45, 7) is 1.46. The number of rotatable bonds is 4. The van der Waals surface area contributed by atoms with Crippen molar-refractivity contribution in [2.45, 2.75) is 6.92 Å². The highest BCUT2D eigenvalue weighted by molar-refractivity contribution is 5.97. The second-order valence-corrected chi connectivity index (χ2v) is 3.99. The van der Waals surface area contributed by atoms with E-state index < -0.39 is 16.8 Å². The molecule has 0 aliphatic carbocycles. The first-order valence-electron chi connectivity index (χ1n) is 5.44. The van der Waals surface area contributed by atoms with Gasteiger partial charge >= 0.3 is 5.97 Å². The summed E-state index contributed by atoms with van der Waals surface area (Å²) >= 11 is 0. The van der Waals surface area contributed by atoms with Crippen molar-refractivity contribution in [2.24, 2.45) is 0 Å². The van der Waals surface area contributed by atoms with Gasteiger partial charge in [-0.1, -0.05) is 6.07 Å². The summed E-state index contributed by atoms with van der Waals surface area (Å²) in [5.41, 5.74) is 0.633. The Morgan fingerprint density at radius 2 is 2.05 bits per heavy atom. The van der Waals surface area contributed by atoms with Gasteiger partial charge in [-0.25, -0.2) is 0 Å². The molecular weight excluding hydrogens is 252 g/mol. The van der Waals surface area contributed by atoms with E-state index in [9.17, 15) is 19.7 Å². The van der Waals surface area contributed by atoms with Crippen LogP contribution < -0.4 is 0 Å². The van der Waals surface area contributed by atoms with Crippen molar-refractivity contribution >= 4 is 17.6 Å². The Balaban J connectivity index is 3.01. The molecule has 0 spiro atoms. The van der Waals surface area contributed by atoms with E-state index >= 15 is 0 Å². The molecule has 0 aliphatic rings. The van der Waals surface area contributed by atoms with Crippen LogP contribution >= 0.6 is 0 Å². The highest BCUT2D eigenvalue weighted by Crippen LogP contribution is 2.18. The van der Waals surface area contributed by atoms with Crippen LogP contribution in [0.5, 0.6) is 0 Å². The smallest absolute Gasteiger partial charge is 0.325 e. The van der Waals surface area contributed by atoms with E-state index in [0.29, 0.717) is 5.56 Å². The van der Waals surface area contributed by atoms with Crippen LogP contribution in [-0.2, 0) is 9.53 Å². The number of likely N-dealkylation sites (N-methyl/N-ethyl adjacent to an activating group) is 1. The minimum absolute atomic E-state index is 0.166. The summed E-state index contributed by atoms with van der Waals surface area (Å²) in [6, 6.07) is 4.02. The SMILES string of the molecule is COC(=O)CN(C)C(=O)c1cc([N+](=O)[O-])ccc1C. The Morgan fingerprint density at radius 3 is 2.58 bits per heavy atom. The van der Waals surface area contributed by atoms with E-state index in [2.05, 4.69) is 4.74 Å². The maximum absolute atomic E-state index is 12.1. The maximum atomic E-state index is 12.1. The molecule has 0 aliphatic heterocycles. The first kappa shape index (κ1) is 14.6. The second-order valence-electron chi connectivity index (χ2n) is 3.99. The standard InChI is InChI=1S/C12H14N2O5/c1-8-4-5-9(14(17)18)6-10(8)12(16)13(2)7-11(15)19-3/h4-6H,7H2,1-3H3. The minimum atomic E-state index is -0.573. The number of carbonyl (C=O) groups is 2. The zero-order valence-electron chi connectivity index (χ0n) is 10.9. The summed E-state index contributed by atoms with van der Waals surface area (Å²) in [6.07, 6.45) is 0. The van der Waals surface area contributed by atoms with Crippen molar-refractivity contribution in [1.82, 2.24) is 4.90 Å².